The minimum atomic E-state index is -2.36. The van der Waals surface area contributed by atoms with Gasteiger partial charge in [0.25, 0.3) is 0 Å². The Balaban J connectivity index is 1.83. The van der Waals surface area contributed by atoms with Gasteiger partial charge in [0.05, 0.1) is 25.5 Å². The summed E-state index contributed by atoms with van der Waals surface area (Å²) in [4.78, 5) is 37.0. The van der Waals surface area contributed by atoms with E-state index in [9.17, 15) is 18.8 Å². The Bertz CT molecular complexity index is 617. The van der Waals surface area contributed by atoms with Crippen LogP contribution in [0.15, 0.2) is 30.3 Å². The number of esters is 1. The molecule has 1 saturated carbocycles. The highest BCUT2D eigenvalue weighted by atomic mass is 19.1. The third-order valence-corrected chi connectivity index (χ3v) is 4.24. The summed E-state index contributed by atoms with van der Waals surface area (Å²) in [5.74, 6) is -4.10. The van der Waals surface area contributed by atoms with Gasteiger partial charge in [0.1, 0.15) is 0 Å². The number of fused-ring (bicyclic) bond motifs is 1. The van der Waals surface area contributed by atoms with E-state index in [4.69, 9.17) is 0 Å². The van der Waals surface area contributed by atoms with Crippen molar-refractivity contribution in [3.8, 4) is 0 Å². The van der Waals surface area contributed by atoms with Gasteiger partial charge in [-0.3, -0.25) is 14.5 Å². The number of amides is 2. The second kappa shape index (κ2) is 4.65. The van der Waals surface area contributed by atoms with Crippen LogP contribution in [0.2, 0.25) is 0 Å². The maximum atomic E-state index is 14.5. The molecule has 0 aromatic heterocycles. The van der Waals surface area contributed by atoms with Crippen molar-refractivity contribution in [2.75, 3.05) is 7.11 Å². The fourth-order valence-electron chi connectivity index (χ4n) is 3.10. The molecule has 110 valence electrons. The molecule has 0 radical (unpaired) electrons. The van der Waals surface area contributed by atoms with Gasteiger partial charge in [-0.25, -0.2) is 9.18 Å². The van der Waals surface area contributed by atoms with Crippen molar-refractivity contribution < 1.29 is 23.5 Å². The summed E-state index contributed by atoms with van der Waals surface area (Å²) >= 11 is 0. The van der Waals surface area contributed by atoms with Gasteiger partial charge >= 0.3 is 5.97 Å². The summed E-state index contributed by atoms with van der Waals surface area (Å²) in [7, 11) is 1.07. The number of methoxy groups -OCH3 is 1. The number of likely N-dealkylation sites (tertiary alicyclic amines) is 1. The van der Waals surface area contributed by atoms with E-state index in [1.54, 1.807) is 24.3 Å². The van der Waals surface area contributed by atoms with E-state index in [1.165, 1.54) is 0 Å². The van der Waals surface area contributed by atoms with Crippen LogP contribution in [0.5, 0.6) is 0 Å². The number of carbonyl (C=O) groups is 3. The van der Waals surface area contributed by atoms with E-state index in [1.807, 2.05) is 6.07 Å². The largest absolute Gasteiger partial charge is 0.467 e. The van der Waals surface area contributed by atoms with Gasteiger partial charge in [-0.1, -0.05) is 30.3 Å². The number of ether oxygens (including phenoxy) is 1. The smallest absolute Gasteiger partial charge is 0.344 e. The Morgan fingerprint density at radius 3 is 2.62 bits per heavy atom. The lowest BCUT2D eigenvalue weighted by molar-refractivity contribution is -0.177. The van der Waals surface area contributed by atoms with Crippen molar-refractivity contribution in [2.24, 2.45) is 11.8 Å². The predicted molar refractivity (Wildman–Crippen MR) is 69.5 cm³/mol. The van der Waals surface area contributed by atoms with Crippen LogP contribution in [0.1, 0.15) is 12.0 Å². The van der Waals surface area contributed by atoms with E-state index in [0.29, 0.717) is 0 Å². The third kappa shape index (κ3) is 1.86. The number of imide groups is 1. The Kier molecular flexibility index (Phi) is 3.04. The van der Waals surface area contributed by atoms with E-state index in [2.05, 4.69) is 4.74 Å². The zero-order chi connectivity index (χ0) is 15.2. The molecule has 1 aromatic carbocycles. The number of rotatable bonds is 3. The SMILES string of the molecule is COC(=O)[C@]1(F)C[C@H]2C(=O)N(Cc3ccccc3)C(=O)[C@H]21. The molecule has 2 fully saturated rings. The quantitative estimate of drug-likeness (QED) is 0.617. The van der Waals surface area contributed by atoms with Crippen LogP contribution in [-0.4, -0.2) is 35.5 Å². The number of nitrogens with zero attached hydrogens (tertiary/aromatic N) is 1. The molecule has 5 nitrogen and oxygen atoms in total. The Morgan fingerprint density at radius 2 is 2.00 bits per heavy atom. The highest BCUT2D eigenvalue weighted by molar-refractivity contribution is 6.10. The van der Waals surface area contributed by atoms with Crippen LogP contribution in [0, 0.1) is 11.8 Å². The first-order valence-electron chi connectivity index (χ1n) is 6.65. The number of benzene rings is 1. The molecule has 6 heteroatoms. The summed E-state index contributed by atoms with van der Waals surface area (Å²) in [5.41, 5.74) is -1.58. The molecule has 1 aliphatic heterocycles. The highest BCUT2D eigenvalue weighted by Crippen LogP contribution is 2.53. The molecule has 0 unspecified atom stereocenters. The average Bonchev–Trinajstić information content (AvgIpc) is 2.67. The van der Waals surface area contributed by atoms with Crippen molar-refractivity contribution in [1.82, 2.24) is 4.90 Å². The fraction of sp³-hybridized carbons (Fsp3) is 0.400. The van der Waals surface area contributed by atoms with Crippen LogP contribution >= 0.6 is 0 Å². The molecular formula is C15H14FNO4. The Morgan fingerprint density at radius 1 is 1.33 bits per heavy atom. The van der Waals surface area contributed by atoms with Gasteiger partial charge < -0.3 is 4.74 Å². The molecule has 1 aliphatic carbocycles. The molecule has 2 amide bonds. The van der Waals surface area contributed by atoms with E-state index >= 15 is 0 Å². The molecule has 1 saturated heterocycles. The first-order valence-corrected chi connectivity index (χ1v) is 6.65. The van der Waals surface area contributed by atoms with Gasteiger partial charge in [0.15, 0.2) is 0 Å². The topological polar surface area (TPSA) is 63.7 Å². The first kappa shape index (κ1) is 13.7. The highest BCUT2D eigenvalue weighted by Gasteiger charge is 2.71. The van der Waals surface area contributed by atoms with Gasteiger partial charge in [-0.15, -0.1) is 0 Å². The minimum Gasteiger partial charge on any atom is -0.467 e. The minimum absolute atomic E-state index is 0.1000. The van der Waals surface area contributed by atoms with E-state index in [-0.39, 0.29) is 13.0 Å². The van der Waals surface area contributed by atoms with Crippen molar-refractivity contribution in [3.05, 3.63) is 35.9 Å². The lowest BCUT2D eigenvalue weighted by atomic mass is 9.63. The van der Waals surface area contributed by atoms with Crippen LogP contribution in [-0.2, 0) is 25.7 Å². The molecule has 21 heavy (non-hydrogen) atoms. The zero-order valence-electron chi connectivity index (χ0n) is 11.4. The number of carbonyl (C=O) groups excluding carboxylic acids is 3. The Hall–Kier alpha value is -2.24. The molecule has 1 heterocycles. The second-order valence-corrected chi connectivity index (χ2v) is 5.39. The molecule has 3 rings (SSSR count). The number of alkyl halides is 1. The molecule has 0 spiro atoms. The molecule has 0 bridgehead atoms. The van der Waals surface area contributed by atoms with Gasteiger partial charge in [-0.2, -0.15) is 0 Å². The van der Waals surface area contributed by atoms with Gasteiger partial charge in [0, 0.05) is 6.42 Å². The van der Waals surface area contributed by atoms with Crippen LogP contribution in [0.25, 0.3) is 0 Å². The molecular weight excluding hydrogens is 277 g/mol. The normalized spacial score (nSPS) is 30.9. The maximum absolute atomic E-state index is 14.5. The molecule has 3 atom stereocenters. The summed E-state index contributed by atoms with van der Waals surface area (Å²) in [6.07, 6.45) is -0.278. The maximum Gasteiger partial charge on any atom is 0.344 e. The second-order valence-electron chi connectivity index (χ2n) is 5.39. The molecule has 1 aromatic rings. The van der Waals surface area contributed by atoms with Crippen LogP contribution in [0.4, 0.5) is 4.39 Å². The lowest BCUT2D eigenvalue weighted by Gasteiger charge is -2.39. The van der Waals surface area contributed by atoms with Gasteiger partial charge in [-0.05, 0) is 5.56 Å². The average molecular weight is 291 g/mol. The van der Waals surface area contributed by atoms with Crippen molar-refractivity contribution in [2.45, 2.75) is 18.6 Å². The summed E-state index contributed by atoms with van der Waals surface area (Å²) < 4.78 is 18.9. The Labute approximate surface area is 120 Å². The molecule has 0 N–H and O–H groups in total. The number of halogens is 1. The predicted octanol–water partition coefficient (Wildman–Crippen LogP) is 1.07. The van der Waals surface area contributed by atoms with Gasteiger partial charge in [0.2, 0.25) is 17.5 Å². The fourth-order valence-corrected chi connectivity index (χ4v) is 3.10. The lowest BCUT2D eigenvalue weighted by Crippen LogP contribution is -2.57. The molecule has 2 aliphatic rings. The van der Waals surface area contributed by atoms with Crippen LogP contribution in [0.3, 0.4) is 0 Å². The van der Waals surface area contributed by atoms with E-state index < -0.39 is 35.3 Å². The zero-order valence-corrected chi connectivity index (χ0v) is 11.4. The summed E-state index contributed by atoms with van der Waals surface area (Å²) in [5, 5.41) is 0. The van der Waals surface area contributed by atoms with Crippen LogP contribution < -0.4 is 0 Å². The first-order chi connectivity index (χ1) is 9.99. The van der Waals surface area contributed by atoms with Crippen molar-refractivity contribution >= 4 is 17.8 Å². The summed E-state index contributed by atoms with van der Waals surface area (Å²) in [6.45, 7) is 0.1000. The van der Waals surface area contributed by atoms with Crippen molar-refractivity contribution in [1.29, 1.82) is 0 Å². The van der Waals surface area contributed by atoms with Crippen molar-refractivity contribution in [3.63, 3.8) is 0 Å². The number of hydrogen-bond acceptors (Lipinski definition) is 4. The third-order valence-electron chi connectivity index (χ3n) is 4.24. The van der Waals surface area contributed by atoms with E-state index in [0.717, 1.165) is 17.6 Å². The summed E-state index contributed by atoms with van der Waals surface area (Å²) in [6, 6.07) is 8.98. The monoisotopic (exact) mass is 291 g/mol. The standard InChI is InChI=1S/C15H14FNO4/c1-21-14(20)15(16)7-10-11(15)13(19)17(12(10)18)8-9-5-3-2-4-6-9/h2-6,10-11H,7-8H2,1H3/t10-,11+,15+/m1/s1. The number of hydrogen-bond donors (Lipinski definition) is 0.